The summed E-state index contributed by atoms with van der Waals surface area (Å²) in [5, 5.41) is 0. The van der Waals surface area contributed by atoms with Gasteiger partial charge in [0.05, 0.1) is 16.8 Å². The van der Waals surface area contributed by atoms with E-state index in [0.717, 1.165) is 0 Å². The molecule has 1 aliphatic heterocycles. The minimum atomic E-state index is -0.562. The molecular formula is C10H17BN4O2. The Morgan fingerprint density at radius 3 is 2.06 bits per heavy atom. The van der Waals surface area contributed by atoms with Crippen molar-refractivity contribution in [2.24, 2.45) is 0 Å². The van der Waals surface area contributed by atoms with Gasteiger partial charge in [0.1, 0.15) is 5.82 Å². The van der Waals surface area contributed by atoms with Gasteiger partial charge in [-0.15, -0.1) is 0 Å². The molecule has 92 valence electrons. The molecule has 0 bridgehead atoms. The average molecular weight is 236 g/mol. The summed E-state index contributed by atoms with van der Waals surface area (Å²) in [6, 6.07) is 1.61. The van der Waals surface area contributed by atoms with Gasteiger partial charge < -0.3 is 20.8 Å². The number of hydrogen-bond acceptors (Lipinski definition) is 6. The predicted octanol–water partition coefficient (Wildman–Crippen LogP) is -0.0598. The van der Waals surface area contributed by atoms with Crippen LogP contribution in [0, 0.1) is 0 Å². The van der Waals surface area contributed by atoms with E-state index < -0.39 is 18.3 Å². The zero-order valence-electron chi connectivity index (χ0n) is 10.5. The van der Waals surface area contributed by atoms with E-state index in [9.17, 15) is 0 Å². The second kappa shape index (κ2) is 3.58. The second-order valence-corrected chi connectivity index (χ2v) is 5.16. The maximum atomic E-state index is 5.84. The average Bonchev–Trinajstić information content (AvgIpc) is 2.34. The fraction of sp³-hybridized carbons (Fsp3) is 0.600. The number of anilines is 2. The SMILES string of the molecule is CC1(C)OB(c2cc(N)nc(N)n2)OC1(C)C. The minimum Gasteiger partial charge on any atom is -0.398 e. The Balaban J connectivity index is 2.32. The summed E-state index contributed by atoms with van der Waals surface area (Å²) in [7, 11) is -0.562. The van der Waals surface area contributed by atoms with Gasteiger partial charge in [-0.3, -0.25) is 0 Å². The largest absolute Gasteiger partial charge is 0.514 e. The lowest BCUT2D eigenvalue weighted by molar-refractivity contribution is 0.00578. The zero-order chi connectivity index (χ0) is 12.8. The third-order valence-corrected chi connectivity index (χ3v) is 3.28. The highest BCUT2D eigenvalue weighted by molar-refractivity contribution is 6.61. The zero-order valence-corrected chi connectivity index (χ0v) is 10.5. The molecule has 0 saturated carbocycles. The molecule has 1 saturated heterocycles. The monoisotopic (exact) mass is 236 g/mol. The summed E-state index contributed by atoms with van der Waals surface area (Å²) in [5.41, 5.74) is 10.9. The highest BCUT2D eigenvalue weighted by Gasteiger charge is 2.52. The van der Waals surface area contributed by atoms with Crippen LogP contribution in [0.1, 0.15) is 27.7 Å². The number of rotatable bonds is 1. The number of nitrogens with two attached hydrogens (primary N) is 2. The van der Waals surface area contributed by atoms with Gasteiger partial charge in [-0.2, -0.15) is 4.98 Å². The summed E-state index contributed by atoms with van der Waals surface area (Å²) in [6.07, 6.45) is 0. The van der Waals surface area contributed by atoms with Crippen molar-refractivity contribution in [1.29, 1.82) is 0 Å². The molecule has 1 fully saturated rings. The molecule has 2 rings (SSSR count). The maximum absolute atomic E-state index is 5.84. The van der Waals surface area contributed by atoms with E-state index >= 15 is 0 Å². The van der Waals surface area contributed by atoms with E-state index in [2.05, 4.69) is 9.97 Å². The first-order valence-electron chi connectivity index (χ1n) is 5.47. The normalized spacial score (nSPS) is 21.8. The standard InChI is InChI=1S/C10H17BN4O2/c1-9(2)10(3,4)17-11(16-9)6-5-7(12)15-8(13)14-6/h5H,1-4H3,(H4,12,13,14,15). The fourth-order valence-corrected chi connectivity index (χ4v) is 1.59. The molecule has 0 atom stereocenters. The van der Waals surface area contributed by atoms with Crippen molar-refractivity contribution < 1.29 is 9.31 Å². The van der Waals surface area contributed by atoms with Crippen LogP contribution in [0.2, 0.25) is 0 Å². The van der Waals surface area contributed by atoms with Crippen LogP contribution in [0.3, 0.4) is 0 Å². The van der Waals surface area contributed by atoms with Gasteiger partial charge in [0.2, 0.25) is 5.95 Å². The van der Waals surface area contributed by atoms with Crippen molar-refractivity contribution in [2.75, 3.05) is 11.5 Å². The fourth-order valence-electron chi connectivity index (χ4n) is 1.59. The summed E-state index contributed by atoms with van der Waals surface area (Å²) in [6.45, 7) is 7.89. The van der Waals surface area contributed by atoms with Crippen LogP contribution in [-0.2, 0) is 9.31 Å². The Labute approximate surface area is 101 Å². The van der Waals surface area contributed by atoms with Gasteiger partial charge in [-0.05, 0) is 33.8 Å². The molecule has 0 aliphatic carbocycles. The maximum Gasteiger partial charge on any atom is 0.514 e. The van der Waals surface area contributed by atoms with Crippen molar-refractivity contribution in [3.05, 3.63) is 6.07 Å². The molecule has 1 aliphatic rings. The Bertz CT molecular complexity index is 414. The number of nitrogens with zero attached hydrogens (tertiary/aromatic N) is 2. The van der Waals surface area contributed by atoms with E-state index in [4.69, 9.17) is 20.8 Å². The lowest BCUT2D eigenvalue weighted by Crippen LogP contribution is -2.41. The Morgan fingerprint density at radius 1 is 1.06 bits per heavy atom. The van der Waals surface area contributed by atoms with E-state index in [1.165, 1.54) is 0 Å². The summed E-state index contributed by atoms with van der Waals surface area (Å²) >= 11 is 0. The van der Waals surface area contributed by atoms with Crippen molar-refractivity contribution in [2.45, 2.75) is 38.9 Å². The first-order valence-corrected chi connectivity index (χ1v) is 5.47. The van der Waals surface area contributed by atoms with Gasteiger partial charge in [0.15, 0.2) is 0 Å². The molecule has 0 aromatic carbocycles. The summed E-state index contributed by atoms with van der Waals surface area (Å²) in [4.78, 5) is 7.90. The third-order valence-electron chi connectivity index (χ3n) is 3.28. The summed E-state index contributed by atoms with van der Waals surface area (Å²) in [5.74, 6) is 0.428. The van der Waals surface area contributed by atoms with Gasteiger partial charge in [0, 0.05) is 0 Å². The molecule has 0 unspecified atom stereocenters. The minimum absolute atomic E-state index is 0.120. The van der Waals surface area contributed by atoms with Gasteiger partial charge in [-0.1, -0.05) is 0 Å². The molecule has 2 heterocycles. The molecule has 7 heteroatoms. The quantitative estimate of drug-likeness (QED) is 0.663. The van der Waals surface area contributed by atoms with Crippen molar-refractivity contribution in [3.8, 4) is 0 Å². The Hall–Kier alpha value is -1.34. The molecule has 0 spiro atoms. The van der Waals surface area contributed by atoms with Gasteiger partial charge in [-0.25, -0.2) is 4.98 Å². The smallest absolute Gasteiger partial charge is 0.398 e. The molecule has 4 N–H and O–H groups in total. The number of aromatic nitrogens is 2. The second-order valence-electron chi connectivity index (χ2n) is 5.16. The van der Waals surface area contributed by atoms with Crippen LogP contribution in [0.25, 0.3) is 0 Å². The first kappa shape index (κ1) is 12.1. The molecule has 17 heavy (non-hydrogen) atoms. The van der Waals surface area contributed by atoms with Crippen LogP contribution < -0.4 is 17.1 Å². The molecule has 1 aromatic rings. The Morgan fingerprint density at radius 2 is 1.59 bits per heavy atom. The molecular weight excluding hydrogens is 219 g/mol. The Kier molecular flexibility index (Phi) is 2.55. The molecule has 1 aromatic heterocycles. The van der Waals surface area contributed by atoms with E-state index in [0.29, 0.717) is 11.4 Å². The highest BCUT2D eigenvalue weighted by Crippen LogP contribution is 2.36. The lowest BCUT2D eigenvalue weighted by Gasteiger charge is -2.32. The van der Waals surface area contributed by atoms with Crippen molar-refractivity contribution in [1.82, 2.24) is 9.97 Å². The molecule has 6 nitrogen and oxygen atoms in total. The topological polar surface area (TPSA) is 96.3 Å². The van der Waals surface area contributed by atoms with Crippen LogP contribution in [0.5, 0.6) is 0 Å². The van der Waals surface area contributed by atoms with Crippen LogP contribution >= 0.6 is 0 Å². The van der Waals surface area contributed by atoms with E-state index in [-0.39, 0.29) is 5.95 Å². The number of hydrogen-bond donors (Lipinski definition) is 2. The van der Waals surface area contributed by atoms with Crippen LogP contribution in [0.15, 0.2) is 6.07 Å². The third kappa shape index (κ3) is 2.08. The van der Waals surface area contributed by atoms with E-state index in [1.54, 1.807) is 6.07 Å². The van der Waals surface area contributed by atoms with Crippen molar-refractivity contribution >= 4 is 24.5 Å². The van der Waals surface area contributed by atoms with Crippen LogP contribution in [-0.4, -0.2) is 28.3 Å². The molecule has 0 amide bonds. The van der Waals surface area contributed by atoms with E-state index in [1.807, 2.05) is 27.7 Å². The number of nitrogen functional groups attached to an aromatic ring is 2. The predicted molar refractivity (Wildman–Crippen MR) is 66.6 cm³/mol. The van der Waals surface area contributed by atoms with Gasteiger partial charge >= 0.3 is 7.12 Å². The van der Waals surface area contributed by atoms with Gasteiger partial charge in [0.25, 0.3) is 0 Å². The lowest BCUT2D eigenvalue weighted by atomic mass is 9.84. The first-order chi connectivity index (χ1) is 7.71. The van der Waals surface area contributed by atoms with Crippen molar-refractivity contribution in [3.63, 3.8) is 0 Å². The summed E-state index contributed by atoms with van der Waals surface area (Å²) < 4.78 is 11.7. The molecule has 0 radical (unpaired) electrons. The van der Waals surface area contributed by atoms with Crippen LogP contribution in [0.4, 0.5) is 11.8 Å². The highest BCUT2D eigenvalue weighted by atomic mass is 16.7.